The molecular formula is C22H25N5O. The summed E-state index contributed by atoms with van der Waals surface area (Å²) in [7, 11) is 0. The topological polar surface area (TPSA) is 53.7 Å². The average molecular weight is 375 g/mol. The van der Waals surface area contributed by atoms with E-state index >= 15 is 0 Å². The first-order chi connectivity index (χ1) is 13.8. The van der Waals surface area contributed by atoms with E-state index in [1.807, 2.05) is 41.3 Å². The van der Waals surface area contributed by atoms with Crippen LogP contribution in [-0.4, -0.2) is 62.5 Å². The summed E-state index contributed by atoms with van der Waals surface area (Å²) in [5.74, 6) is 0.0524. The molecule has 144 valence electrons. The molecule has 1 atom stereocenters. The van der Waals surface area contributed by atoms with Crippen LogP contribution in [0.15, 0.2) is 48.8 Å². The minimum absolute atomic E-state index is 0.0524. The fourth-order valence-electron chi connectivity index (χ4n) is 4.58. The number of benzene rings is 1. The fraction of sp³-hybridized carbons (Fsp3) is 0.409. The molecule has 2 aliphatic rings. The summed E-state index contributed by atoms with van der Waals surface area (Å²) in [4.78, 5) is 22.3. The molecule has 4 heterocycles. The van der Waals surface area contributed by atoms with Crippen LogP contribution >= 0.6 is 0 Å². The van der Waals surface area contributed by atoms with Crippen LogP contribution in [0.25, 0.3) is 16.9 Å². The summed E-state index contributed by atoms with van der Waals surface area (Å²) in [5.41, 5.74) is 3.23. The first kappa shape index (κ1) is 17.4. The Morgan fingerprint density at radius 3 is 2.64 bits per heavy atom. The Bertz CT molecular complexity index is 977. The van der Waals surface area contributed by atoms with Crippen molar-refractivity contribution in [2.24, 2.45) is 0 Å². The van der Waals surface area contributed by atoms with Crippen LogP contribution in [0.1, 0.15) is 36.0 Å². The van der Waals surface area contributed by atoms with Crippen molar-refractivity contribution in [2.75, 3.05) is 26.2 Å². The lowest BCUT2D eigenvalue weighted by atomic mass is 10.0. The number of nitrogens with zero attached hydrogens (tertiary/aromatic N) is 5. The number of likely N-dealkylation sites (tertiary alicyclic amines) is 2. The SMILES string of the molecule is O=C(c1cnn2c(-c3ccccc3)ccnc12)N1CCC[C@@H](N2CCCC2)C1. The van der Waals surface area contributed by atoms with Crippen molar-refractivity contribution in [3.63, 3.8) is 0 Å². The lowest BCUT2D eigenvalue weighted by Crippen LogP contribution is -2.49. The van der Waals surface area contributed by atoms with Gasteiger partial charge in [0.15, 0.2) is 5.65 Å². The summed E-state index contributed by atoms with van der Waals surface area (Å²) >= 11 is 0. The van der Waals surface area contributed by atoms with E-state index < -0.39 is 0 Å². The minimum atomic E-state index is 0.0524. The minimum Gasteiger partial charge on any atom is -0.337 e. The molecule has 3 aromatic rings. The maximum absolute atomic E-state index is 13.3. The number of carbonyl (C=O) groups excluding carboxylic acids is 1. The number of rotatable bonds is 3. The lowest BCUT2D eigenvalue weighted by Gasteiger charge is -2.37. The van der Waals surface area contributed by atoms with E-state index in [-0.39, 0.29) is 5.91 Å². The van der Waals surface area contributed by atoms with Gasteiger partial charge >= 0.3 is 0 Å². The van der Waals surface area contributed by atoms with Gasteiger partial charge in [-0.3, -0.25) is 9.69 Å². The third-order valence-electron chi connectivity index (χ3n) is 6.04. The number of aromatic nitrogens is 3. The highest BCUT2D eigenvalue weighted by molar-refractivity contribution is 6.00. The Balaban J connectivity index is 1.44. The van der Waals surface area contributed by atoms with Gasteiger partial charge in [-0.25, -0.2) is 9.50 Å². The molecule has 0 spiro atoms. The molecule has 2 aromatic heterocycles. The lowest BCUT2D eigenvalue weighted by molar-refractivity contribution is 0.0609. The predicted octanol–water partition coefficient (Wildman–Crippen LogP) is 3.10. The Labute approximate surface area is 164 Å². The molecule has 0 bridgehead atoms. The van der Waals surface area contributed by atoms with Crippen molar-refractivity contribution in [2.45, 2.75) is 31.7 Å². The molecule has 0 N–H and O–H groups in total. The van der Waals surface area contributed by atoms with Crippen LogP contribution in [0.5, 0.6) is 0 Å². The van der Waals surface area contributed by atoms with Gasteiger partial charge in [0, 0.05) is 30.9 Å². The molecule has 6 nitrogen and oxygen atoms in total. The summed E-state index contributed by atoms with van der Waals surface area (Å²) in [6, 6.07) is 12.5. The van der Waals surface area contributed by atoms with E-state index in [9.17, 15) is 4.79 Å². The molecule has 0 aliphatic carbocycles. The molecule has 2 saturated heterocycles. The number of hydrogen-bond acceptors (Lipinski definition) is 4. The van der Waals surface area contributed by atoms with Gasteiger partial charge in [0.25, 0.3) is 5.91 Å². The quantitative estimate of drug-likeness (QED) is 0.706. The van der Waals surface area contributed by atoms with Gasteiger partial charge in [0.2, 0.25) is 0 Å². The van der Waals surface area contributed by atoms with Crippen molar-refractivity contribution in [1.82, 2.24) is 24.4 Å². The van der Waals surface area contributed by atoms with E-state index in [1.54, 1.807) is 16.9 Å². The zero-order chi connectivity index (χ0) is 18.9. The van der Waals surface area contributed by atoms with Gasteiger partial charge in [-0.15, -0.1) is 0 Å². The zero-order valence-corrected chi connectivity index (χ0v) is 16.0. The number of fused-ring (bicyclic) bond motifs is 1. The highest BCUT2D eigenvalue weighted by Gasteiger charge is 2.31. The van der Waals surface area contributed by atoms with E-state index in [0.29, 0.717) is 17.3 Å². The molecule has 28 heavy (non-hydrogen) atoms. The van der Waals surface area contributed by atoms with E-state index in [4.69, 9.17) is 0 Å². The van der Waals surface area contributed by atoms with Crippen molar-refractivity contribution in [1.29, 1.82) is 0 Å². The third-order valence-corrected chi connectivity index (χ3v) is 6.04. The number of hydrogen-bond donors (Lipinski definition) is 0. The van der Waals surface area contributed by atoms with E-state index in [0.717, 1.165) is 30.8 Å². The summed E-state index contributed by atoms with van der Waals surface area (Å²) in [5, 5.41) is 4.50. The van der Waals surface area contributed by atoms with Gasteiger partial charge in [-0.05, 0) is 44.8 Å². The maximum Gasteiger partial charge on any atom is 0.259 e. The van der Waals surface area contributed by atoms with Gasteiger partial charge < -0.3 is 4.90 Å². The molecular weight excluding hydrogens is 350 g/mol. The van der Waals surface area contributed by atoms with Crippen LogP contribution < -0.4 is 0 Å². The molecule has 1 amide bonds. The normalized spacial score (nSPS) is 20.7. The number of carbonyl (C=O) groups is 1. The third kappa shape index (κ3) is 3.07. The number of amides is 1. The van der Waals surface area contributed by atoms with E-state index in [1.165, 1.54) is 32.4 Å². The summed E-state index contributed by atoms with van der Waals surface area (Å²) < 4.78 is 1.78. The summed E-state index contributed by atoms with van der Waals surface area (Å²) in [6.07, 6.45) is 8.26. The van der Waals surface area contributed by atoms with Crippen molar-refractivity contribution in [3.8, 4) is 11.3 Å². The second kappa shape index (κ2) is 7.36. The Hall–Kier alpha value is -2.73. The fourth-order valence-corrected chi connectivity index (χ4v) is 4.58. The molecule has 5 rings (SSSR count). The Morgan fingerprint density at radius 2 is 1.82 bits per heavy atom. The second-order valence-corrected chi connectivity index (χ2v) is 7.78. The van der Waals surface area contributed by atoms with Crippen LogP contribution in [0.3, 0.4) is 0 Å². The first-order valence-corrected chi connectivity index (χ1v) is 10.2. The van der Waals surface area contributed by atoms with Crippen LogP contribution in [0, 0.1) is 0 Å². The second-order valence-electron chi connectivity index (χ2n) is 7.78. The van der Waals surface area contributed by atoms with Gasteiger partial charge in [-0.2, -0.15) is 5.10 Å². The monoisotopic (exact) mass is 375 g/mol. The molecule has 2 aliphatic heterocycles. The predicted molar refractivity (Wildman–Crippen MR) is 108 cm³/mol. The van der Waals surface area contributed by atoms with Gasteiger partial charge in [0.05, 0.1) is 11.9 Å². The first-order valence-electron chi connectivity index (χ1n) is 10.2. The Kier molecular flexibility index (Phi) is 4.56. The molecule has 1 aromatic carbocycles. The van der Waals surface area contributed by atoms with Crippen molar-refractivity contribution < 1.29 is 4.79 Å². The maximum atomic E-state index is 13.3. The molecule has 0 saturated carbocycles. The highest BCUT2D eigenvalue weighted by atomic mass is 16.2. The molecule has 6 heteroatoms. The van der Waals surface area contributed by atoms with Crippen molar-refractivity contribution in [3.05, 3.63) is 54.4 Å². The zero-order valence-electron chi connectivity index (χ0n) is 16.0. The van der Waals surface area contributed by atoms with Gasteiger partial charge in [-0.1, -0.05) is 30.3 Å². The Morgan fingerprint density at radius 1 is 1.00 bits per heavy atom. The van der Waals surface area contributed by atoms with Gasteiger partial charge in [0.1, 0.15) is 5.56 Å². The van der Waals surface area contributed by atoms with Crippen LogP contribution in [0.4, 0.5) is 0 Å². The smallest absolute Gasteiger partial charge is 0.259 e. The largest absolute Gasteiger partial charge is 0.337 e. The summed E-state index contributed by atoms with van der Waals surface area (Å²) in [6.45, 7) is 3.98. The number of piperidine rings is 1. The van der Waals surface area contributed by atoms with Crippen molar-refractivity contribution >= 4 is 11.6 Å². The molecule has 0 radical (unpaired) electrons. The molecule has 2 fully saturated rings. The standard InChI is InChI=1S/C22H25N5O/c28-22(26-14-6-9-18(16-26)25-12-4-5-13-25)19-15-24-27-20(10-11-23-21(19)27)17-7-2-1-3-8-17/h1-3,7-8,10-11,15,18H,4-6,9,12-14,16H2/t18-/m1/s1. The van der Waals surface area contributed by atoms with E-state index in [2.05, 4.69) is 15.0 Å². The highest BCUT2D eigenvalue weighted by Crippen LogP contribution is 2.24. The average Bonchev–Trinajstić information content (AvgIpc) is 3.44. The van der Waals surface area contributed by atoms with Crippen LogP contribution in [-0.2, 0) is 0 Å². The van der Waals surface area contributed by atoms with Crippen LogP contribution in [0.2, 0.25) is 0 Å². The molecule has 0 unspecified atom stereocenters.